The zero-order valence-electron chi connectivity index (χ0n) is 11.0. The maximum atomic E-state index is 9.14. The molecule has 0 saturated heterocycles. The van der Waals surface area contributed by atoms with Crippen LogP contribution in [0.1, 0.15) is 16.8 Å². The van der Waals surface area contributed by atoms with E-state index in [2.05, 4.69) is 20.8 Å². The van der Waals surface area contributed by atoms with Gasteiger partial charge in [0.1, 0.15) is 12.1 Å². The summed E-state index contributed by atoms with van der Waals surface area (Å²) in [6, 6.07) is 8.13. The van der Waals surface area contributed by atoms with E-state index >= 15 is 0 Å². The molecule has 0 aliphatic rings. The first kappa shape index (κ1) is 13.5. The van der Waals surface area contributed by atoms with Gasteiger partial charge in [-0.3, -0.25) is 0 Å². The molecule has 0 spiro atoms. The van der Waals surface area contributed by atoms with Crippen LogP contribution in [0, 0.1) is 29.6 Å². The van der Waals surface area contributed by atoms with E-state index in [1.54, 1.807) is 11.6 Å². The molecular weight excluding hydrogens is 302 g/mol. The zero-order valence-corrected chi connectivity index (χ0v) is 12.6. The average Bonchev–Trinajstić information content (AvgIpc) is 3.13. The number of anilines is 1. The molecule has 0 aliphatic carbocycles. The topological polar surface area (TPSA) is 88.3 Å². The van der Waals surface area contributed by atoms with Crippen molar-refractivity contribution in [2.24, 2.45) is 0 Å². The quantitative estimate of drug-likeness (QED) is 0.718. The molecule has 0 aliphatic heterocycles. The molecule has 102 valence electrons. The lowest BCUT2D eigenvalue weighted by atomic mass is 10.1. The van der Waals surface area contributed by atoms with Gasteiger partial charge in [-0.25, -0.2) is 4.98 Å². The molecular formula is C14H9N5S2. The number of aromatic amines is 1. The van der Waals surface area contributed by atoms with Crippen LogP contribution in [0.5, 0.6) is 0 Å². The first-order chi connectivity index (χ1) is 10.2. The number of nitrogens with zero attached hydrogens (tertiary/aromatic N) is 3. The largest absolute Gasteiger partial charge is 0.358 e. The lowest BCUT2D eigenvalue weighted by Crippen LogP contribution is -1.89. The summed E-state index contributed by atoms with van der Waals surface area (Å²) >= 11 is 2.77. The van der Waals surface area contributed by atoms with Crippen LogP contribution in [0.4, 0.5) is 5.69 Å². The summed E-state index contributed by atoms with van der Waals surface area (Å²) in [6.45, 7) is 1.98. The highest BCUT2D eigenvalue weighted by Crippen LogP contribution is 2.32. The molecule has 7 heteroatoms. The minimum Gasteiger partial charge on any atom is -0.358 e. The van der Waals surface area contributed by atoms with Crippen LogP contribution >= 0.6 is 23.3 Å². The van der Waals surface area contributed by atoms with Gasteiger partial charge in [-0.05, 0) is 18.6 Å². The number of nitriles is 2. The van der Waals surface area contributed by atoms with Gasteiger partial charge in [0.15, 0.2) is 10.0 Å². The molecule has 0 amide bonds. The first-order valence-corrected chi connectivity index (χ1v) is 7.72. The Hall–Kier alpha value is -2.48. The fourth-order valence-electron chi connectivity index (χ4n) is 2.05. The number of rotatable bonds is 3. The predicted octanol–water partition coefficient (Wildman–Crippen LogP) is 3.80. The van der Waals surface area contributed by atoms with Gasteiger partial charge in [-0.2, -0.15) is 10.5 Å². The molecule has 21 heavy (non-hydrogen) atoms. The summed E-state index contributed by atoms with van der Waals surface area (Å²) in [5.41, 5.74) is 3.90. The van der Waals surface area contributed by atoms with E-state index in [0.717, 1.165) is 26.5 Å². The summed E-state index contributed by atoms with van der Waals surface area (Å²) < 4.78 is 3.99. The normalized spacial score (nSPS) is 10.2. The first-order valence-electron chi connectivity index (χ1n) is 6.02. The monoisotopic (exact) mass is 311 g/mol. The van der Waals surface area contributed by atoms with Gasteiger partial charge in [0.25, 0.3) is 0 Å². The number of hydrogen-bond donors (Lipinski definition) is 2. The second-order valence-electron chi connectivity index (χ2n) is 4.31. The lowest BCUT2D eigenvalue weighted by molar-refractivity contribution is 1.21. The van der Waals surface area contributed by atoms with E-state index in [1.807, 2.05) is 25.1 Å². The number of H-pyrrole nitrogens is 1. The van der Waals surface area contributed by atoms with E-state index in [9.17, 15) is 0 Å². The van der Waals surface area contributed by atoms with Gasteiger partial charge >= 0.3 is 0 Å². The van der Waals surface area contributed by atoms with Crippen LogP contribution < -0.4 is 4.72 Å². The summed E-state index contributed by atoms with van der Waals surface area (Å²) in [5.74, 6) is 0. The van der Waals surface area contributed by atoms with Gasteiger partial charge in [-0.15, -0.1) is 11.3 Å². The van der Waals surface area contributed by atoms with Crippen LogP contribution in [0.25, 0.3) is 10.9 Å². The van der Waals surface area contributed by atoms with Gasteiger partial charge in [-0.1, -0.05) is 6.07 Å². The SMILES string of the molecule is Cc1ccc(NSc2nc(C#N)cs2)c2[nH]cc(C#N)c12. The molecule has 0 radical (unpaired) electrons. The molecule has 1 aromatic carbocycles. The van der Waals surface area contributed by atoms with Crippen molar-refractivity contribution in [1.82, 2.24) is 9.97 Å². The minimum absolute atomic E-state index is 0.421. The third-order valence-corrected chi connectivity index (χ3v) is 4.77. The Balaban J connectivity index is 1.91. The molecule has 2 heterocycles. The smallest absolute Gasteiger partial charge is 0.171 e. The Morgan fingerprint density at radius 2 is 2.19 bits per heavy atom. The maximum Gasteiger partial charge on any atom is 0.171 e. The summed E-state index contributed by atoms with van der Waals surface area (Å²) in [7, 11) is 0. The number of hydrogen-bond acceptors (Lipinski definition) is 6. The van der Waals surface area contributed by atoms with E-state index in [1.165, 1.54) is 23.3 Å². The van der Waals surface area contributed by atoms with Crippen molar-refractivity contribution in [2.45, 2.75) is 11.3 Å². The Labute approximate surface area is 129 Å². The number of aryl methyl sites for hydroxylation is 1. The molecule has 3 rings (SSSR count). The highest BCUT2D eigenvalue weighted by atomic mass is 32.2. The Bertz CT molecular complexity index is 894. The van der Waals surface area contributed by atoms with Crippen molar-refractivity contribution in [3.63, 3.8) is 0 Å². The van der Waals surface area contributed by atoms with E-state index in [-0.39, 0.29) is 0 Å². The van der Waals surface area contributed by atoms with Gasteiger partial charge in [0, 0.05) is 28.9 Å². The van der Waals surface area contributed by atoms with Gasteiger partial charge in [0.05, 0.1) is 16.8 Å². The van der Waals surface area contributed by atoms with Crippen molar-refractivity contribution in [3.8, 4) is 12.1 Å². The van der Waals surface area contributed by atoms with E-state index in [0.29, 0.717) is 11.3 Å². The van der Waals surface area contributed by atoms with Crippen molar-refractivity contribution < 1.29 is 0 Å². The molecule has 0 atom stereocenters. The van der Waals surface area contributed by atoms with Crippen LogP contribution in [0.3, 0.4) is 0 Å². The third-order valence-electron chi connectivity index (χ3n) is 3.01. The van der Waals surface area contributed by atoms with Crippen molar-refractivity contribution in [3.05, 3.63) is 40.5 Å². The average molecular weight is 311 g/mol. The Kier molecular flexibility index (Phi) is 3.53. The molecule has 0 fully saturated rings. The number of aromatic nitrogens is 2. The predicted molar refractivity (Wildman–Crippen MR) is 84.1 cm³/mol. The molecule has 2 aromatic heterocycles. The second kappa shape index (κ2) is 5.49. The van der Waals surface area contributed by atoms with Crippen molar-refractivity contribution >= 4 is 39.9 Å². The summed E-state index contributed by atoms with van der Waals surface area (Å²) in [6.07, 6.45) is 1.71. The molecule has 2 N–H and O–H groups in total. The molecule has 3 aromatic rings. The Morgan fingerprint density at radius 1 is 1.33 bits per heavy atom. The summed E-state index contributed by atoms with van der Waals surface area (Å²) in [4.78, 5) is 7.29. The second-order valence-corrected chi connectivity index (χ2v) is 6.22. The number of nitrogens with one attached hydrogen (secondary N) is 2. The Morgan fingerprint density at radius 3 is 2.90 bits per heavy atom. The molecule has 0 unspecified atom stereocenters. The van der Waals surface area contributed by atoms with Crippen molar-refractivity contribution in [1.29, 1.82) is 10.5 Å². The highest BCUT2D eigenvalue weighted by molar-refractivity contribution is 8.02. The molecule has 0 saturated carbocycles. The van der Waals surface area contributed by atoms with Gasteiger partial charge < -0.3 is 9.71 Å². The van der Waals surface area contributed by atoms with Crippen LogP contribution in [0.2, 0.25) is 0 Å². The fourth-order valence-corrected chi connectivity index (χ4v) is 3.49. The summed E-state index contributed by atoms with van der Waals surface area (Å²) in [5, 5.41) is 20.6. The molecule has 0 bridgehead atoms. The zero-order chi connectivity index (χ0) is 14.8. The van der Waals surface area contributed by atoms with Crippen LogP contribution in [-0.4, -0.2) is 9.97 Å². The van der Waals surface area contributed by atoms with Crippen LogP contribution in [0.15, 0.2) is 28.0 Å². The van der Waals surface area contributed by atoms with Crippen LogP contribution in [-0.2, 0) is 0 Å². The maximum absolute atomic E-state index is 9.14. The molecule has 5 nitrogen and oxygen atoms in total. The van der Waals surface area contributed by atoms with E-state index in [4.69, 9.17) is 10.5 Å². The third kappa shape index (κ3) is 2.45. The number of thiazole rings is 1. The fraction of sp³-hybridized carbons (Fsp3) is 0.0714. The standard InChI is InChI=1S/C14H9N5S2/c1-8-2-3-11(13-12(8)9(4-15)6-17-13)19-21-14-18-10(5-16)7-20-14/h2-3,6-7,17,19H,1H3. The van der Waals surface area contributed by atoms with E-state index < -0.39 is 0 Å². The lowest BCUT2D eigenvalue weighted by Gasteiger charge is -2.06. The number of fused-ring (bicyclic) bond motifs is 1. The van der Waals surface area contributed by atoms with Gasteiger partial charge in [0.2, 0.25) is 0 Å². The van der Waals surface area contributed by atoms with Crippen molar-refractivity contribution in [2.75, 3.05) is 4.72 Å². The minimum atomic E-state index is 0.421. The highest BCUT2D eigenvalue weighted by Gasteiger charge is 2.11. The number of benzene rings is 1.